The third-order valence-electron chi connectivity index (χ3n) is 4.90. The summed E-state index contributed by atoms with van der Waals surface area (Å²) in [5, 5.41) is 3.32. The number of benzene rings is 2. The maximum atomic E-state index is 13.9. The minimum atomic E-state index is -0.581. The quantitative estimate of drug-likeness (QED) is 0.447. The number of nitrogens with one attached hydrogen (secondary N) is 2. The molecule has 0 unspecified atom stereocenters. The molecule has 1 amide bonds. The zero-order valence-corrected chi connectivity index (χ0v) is 17.6. The zero-order chi connectivity index (χ0) is 22.7. The average molecular weight is 435 g/mol. The highest BCUT2D eigenvalue weighted by Crippen LogP contribution is 2.23. The predicted molar refractivity (Wildman–Crippen MR) is 121 cm³/mol. The Balaban J connectivity index is 1.65. The minimum Gasteiger partial charge on any atom is -0.494 e. The number of carbonyl (C=O) groups excluding carboxylic acids is 1. The number of rotatable bonds is 7. The molecule has 2 aromatic heterocycles. The highest BCUT2D eigenvalue weighted by molar-refractivity contribution is 6.05. The van der Waals surface area contributed by atoms with Gasteiger partial charge >= 0.3 is 0 Å². The molecule has 0 aliphatic heterocycles. The first-order valence-electron chi connectivity index (χ1n) is 10.1. The van der Waals surface area contributed by atoms with Gasteiger partial charge in [0.05, 0.1) is 19.4 Å². The molecule has 0 spiro atoms. The van der Waals surface area contributed by atoms with E-state index in [1.54, 1.807) is 42.5 Å². The number of aromatic nitrogens is 2. The maximum absolute atomic E-state index is 13.9. The van der Waals surface area contributed by atoms with Gasteiger partial charge in [-0.1, -0.05) is 6.92 Å². The lowest BCUT2D eigenvalue weighted by molar-refractivity contribution is 0.102. The van der Waals surface area contributed by atoms with Gasteiger partial charge in [-0.15, -0.1) is 0 Å². The Morgan fingerprint density at radius 2 is 1.88 bits per heavy atom. The van der Waals surface area contributed by atoms with Crippen molar-refractivity contribution in [3.05, 3.63) is 82.5 Å². The summed E-state index contributed by atoms with van der Waals surface area (Å²) in [6, 6.07) is 16.0. The van der Waals surface area contributed by atoms with Gasteiger partial charge in [-0.2, -0.15) is 0 Å². The molecular weight excluding hydrogens is 413 g/mol. The lowest BCUT2D eigenvalue weighted by atomic mass is 10.2. The van der Waals surface area contributed by atoms with Gasteiger partial charge in [0.25, 0.3) is 11.5 Å². The predicted octanol–water partition coefficient (Wildman–Crippen LogP) is 4.51. The fourth-order valence-electron chi connectivity index (χ4n) is 3.35. The van der Waals surface area contributed by atoms with Crippen molar-refractivity contribution in [3.63, 3.8) is 0 Å². The molecule has 32 heavy (non-hydrogen) atoms. The smallest absolute Gasteiger partial charge is 0.272 e. The van der Waals surface area contributed by atoms with Crippen LogP contribution in [0.25, 0.3) is 16.7 Å². The molecule has 0 fully saturated rings. The Morgan fingerprint density at radius 1 is 1.09 bits per heavy atom. The third kappa shape index (κ3) is 4.20. The van der Waals surface area contributed by atoms with E-state index >= 15 is 0 Å². The second-order valence-electron chi connectivity index (χ2n) is 7.14. The van der Waals surface area contributed by atoms with Gasteiger partial charge in [0.15, 0.2) is 11.6 Å². The van der Waals surface area contributed by atoms with E-state index in [2.05, 4.69) is 10.3 Å². The number of carbonyl (C=O) groups is 1. The summed E-state index contributed by atoms with van der Waals surface area (Å²) in [5.74, 6) is -0.243. The van der Waals surface area contributed by atoms with Crippen molar-refractivity contribution in [2.45, 2.75) is 13.3 Å². The SMILES string of the molecule is CCCOc1ccc(-n2c(=O)ccc3cc(C(=O)Nc4ccc(OC)c(F)c4)[nH]c32)cc1. The van der Waals surface area contributed by atoms with E-state index in [1.165, 1.54) is 29.9 Å². The van der Waals surface area contributed by atoms with E-state index in [4.69, 9.17) is 9.47 Å². The van der Waals surface area contributed by atoms with Gasteiger partial charge in [-0.05, 0) is 55.0 Å². The van der Waals surface area contributed by atoms with E-state index in [0.717, 1.165) is 6.42 Å². The van der Waals surface area contributed by atoms with Crippen LogP contribution < -0.4 is 20.3 Å². The number of hydrogen-bond acceptors (Lipinski definition) is 4. The van der Waals surface area contributed by atoms with Crippen LogP contribution in [-0.2, 0) is 0 Å². The minimum absolute atomic E-state index is 0.0868. The summed E-state index contributed by atoms with van der Waals surface area (Å²) in [6.07, 6.45) is 0.900. The molecule has 2 N–H and O–H groups in total. The summed E-state index contributed by atoms with van der Waals surface area (Å²) >= 11 is 0. The molecule has 0 radical (unpaired) electrons. The molecule has 2 heterocycles. The molecule has 0 atom stereocenters. The molecule has 0 bridgehead atoms. The summed E-state index contributed by atoms with van der Waals surface area (Å²) < 4.78 is 25.9. The van der Waals surface area contributed by atoms with E-state index in [1.807, 2.05) is 6.92 Å². The number of amides is 1. The maximum Gasteiger partial charge on any atom is 0.272 e. The van der Waals surface area contributed by atoms with Crippen LogP contribution in [0, 0.1) is 5.82 Å². The van der Waals surface area contributed by atoms with E-state index in [-0.39, 0.29) is 22.7 Å². The number of fused-ring (bicyclic) bond motifs is 1. The number of ether oxygens (including phenoxy) is 2. The molecule has 0 saturated heterocycles. The molecule has 8 heteroatoms. The number of halogens is 1. The zero-order valence-electron chi connectivity index (χ0n) is 17.6. The van der Waals surface area contributed by atoms with Crippen molar-refractivity contribution in [2.24, 2.45) is 0 Å². The van der Waals surface area contributed by atoms with Crippen molar-refractivity contribution >= 4 is 22.6 Å². The Morgan fingerprint density at radius 3 is 2.56 bits per heavy atom. The fraction of sp³-hybridized carbons (Fsp3) is 0.167. The Kier molecular flexibility index (Phi) is 5.93. The van der Waals surface area contributed by atoms with Crippen molar-refractivity contribution < 1.29 is 18.7 Å². The van der Waals surface area contributed by atoms with Crippen molar-refractivity contribution in [2.75, 3.05) is 19.0 Å². The number of methoxy groups -OCH3 is 1. The topological polar surface area (TPSA) is 85.3 Å². The van der Waals surface area contributed by atoms with Gasteiger partial charge < -0.3 is 19.8 Å². The number of H-pyrrole nitrogens is 1. The molecule has 0 aliphatic rings. The molecule has 4 aromatic rings. The van der Waals surface area contributed by atoms with Crippen LogP contribution in [0.3, 0.4) is 0 Å². The second-order valence-corrected chi connectivity index (χ2v) is 7.14. The lowest BCUT2D eigenvalue weighted by Crippen LogP contribution is -2.17. The molecule has 0 aliphatic carbocycles. The summed E-state index contributed by atoms with van der Waals surface area (Å²) in [4.78, 5) is 28.4. The highest BCUT2D eigenvalue weighted by atomic mass is 19.1. The van der Waals surface area contributed by atoms with E-state index in [0.29, 0.717) is 29.1 Å². The van der Waals surface area contributed by atoms with Gasteiger partial charge in [0.2, 0.25) is 0 Å². The van der Waals surface area contributed by atoms with E-state index in [9.17, 15) is 14.0 Å². The van der Waals surface area contributed by atoms with Crippen LogP contribution in [0.1, 0.15) is 23.8 Å². The van der Waals surface area contributed by atoms with Crippen LogP contribution >= 0.6 is 0 Å². The second kappa shape index (κ2) is 8.97. The number of pyridine rings is 1. The monoisotopic (exact) mass is 435 g/mol. The molecule has 0 saturated carbocycles. The highest BCUT2D eigenvalue weighted by Gasteiger charge is 2.15. The van der Waals surface area contributed by atoms with Crippen LogP contribution in [-0.4, -0.2) is 29.2 Å². The van der Waals surface area contributed by atoms with Crippen LogP contribution in [0.2, 0.25) is 0 Å². The average Bonchev–Trinajstić information content (AvgIpc) is 3.23. The van der Waals surface area contributed by atoms with Crippen molar-refractivity contribution in [1.29, 1.82) is 0 Å². The molecule has 164 valence electrons. The Bertz CT molecular complexity index is 1330. The number of anilines is 1. The molecule has 2 aromatic carbocycles. The summed E-state index contributed by atoms with van der Waals surface area (Å²) in [6.45, 7) is 2.64. The number of nitrogens with zero attached hydrogens (tertiary/aromatic N) is 1. The standard InChI is InChI=1S/C24H22FN3O4/c1-3-12-32-18-8-6-17(7-9-18)28-22(29)11-4-15-13-20(27-23(15)28)24(30)26-16-5-10-21(31-2)19(25)14-16/h4-11,13-14,27H,3,12H2,1-2H3,(H,26,30). The lowest BCUT2D eigenvalue weighted by Gasteiger charge is -2.09. The van der Waals surface area contributed by atoms with Crippen molar-refractivity contribution in [1.82, 2.24) is 9.55 Å². The molecular formula is C24H22FN3O4. The Hall–Kier alpha value is -4.07. The molecule has 4 rings (SSSR count). The largest absolute Gasteiger partial charge is 0.494 e. The fourth-order valence-corrected chi connectivity index (χ4v) is 3.35. The van der Waals surface area contributed by atoms with Crippen LogP contribution in [0.15, 0.2) is 65.5 Å². The van der Waals surface area contributed by atoms with Gasteiger partial charge in [-0.3, -0.25) is 14.2 Å². The third-order valence-corrected chi connectivity index (χ3v) is 4.90. The summed E-state index contributed by atoms with van der Waals surface area (Å²) in [7, 11) is 1.37. The molecule has 7 nitrogen and oxygen atoms in total. The van der Waals surface area contributed by atoms with Gasteiger partial charge in [-0.25, -0.2) is 4.39 Å². The first-order chi connectivity index (χ1) is 15.5. The first kappa shape index (κ1) is 21.2. The van der Waals surface area contributed by atoms with Gasteiger partial charge in [0, 0.05) is 23.2 Å². The van der Waals surface area contributed by atoms with E-state index < -0.39 is 11.7 Å². The Labute approximate surface area is 183 Å². The number of aromatic amines is 1. The normalized spacial score (nSPS) is 10.8. The van der Waals surface area contributed by atoms with Crippen LogP contribution in [0.4, 0.5) is 10.1 Å². The first-order valence-corrected chi connectivity index (χ1v) is 10.1. The van der Waals surface area contributed by atoms with Crippen molar-refractivity contribution in [3.8, 4) is 17.2 Å². The van der Waals surface area contributed by atoms with Gasteiger partial charge in [0.1, 0.15) is 17.1 Å². The summed E-state index contributed by atoms with van der Waals surface area (Å²) in [5.41, 5.74) is 1.39. The van der Waals surface area contributed by atoms with Crippen LogP contribution in [0.5, 0.6) is 11.5 Å². The number of hydrogen-bond donors (Lipinski definition) is 2.